The van der Waals surface area contributed by atoms with Gasteiger partial charge >= 0.3 is 0 Å². The van der Waals surface area contributed by atoms with Gasteiger partial charge in [-0.25, -0.2) is 4.68 Å². The maximum Gasteiger partial charge on any atom is 0.113 e. The predicted molar refractivity (Wildman–Crippen MR) is 77.6 cm³/mol. The molecule has 3 aromatic rings. The smallest absolute Gasteiger partial charge is 0.113 e. The Morgan fingerprint density at radius 1 is 0.947 bits per heavy atom. The van der Waals surface area contributed by atoms with Crippen molar-refractivity contribution in [3.05, 3.63) is 54.1 Å². The fourth-order valence-corrected chi connectivity index (χ4v) is 2.15. The van der Waals surface area contributed by atoms with E-state index in [4.69, 9.17) is 0 Å². The second-order valence-electron chi connectivity index (χ2n) is 5.79. The molecule has 0 aliphatic heterocycles. The molecule has 19 heavy (non-hydrogen) atoms. The average molecular weight is 251 g/mol. The van der Waals surface area contributed by atoms with Crippen molar-refractivity contribution in [2.75, 3.05) is 0 Å². The van der Waals surface area contributed by atoms with Gasteiger partial charge in [0.1, 0.15) is 5.52 Å². The second kappa shape index (κ2) is 4.19. The molecule has 0 saturated heterocycles. The molecule has 0 atom stereocenters. The van der Waals surface area contributed by atoms with E-state index in [2.05, 4.69) is 49.3 Å². The van der Waals surface area contributed by atoms with Gasteiger partial charge in [-0.2, -0.15) is 0 Å². The van der Waals surface area contributed by atoms with Crippen LogP contribution in [0.5, 0.6) is 0 Å². The third-order valence-electron chi connectivity index (χ3n) is 3.31. The van der Waals surface area contributed by atoms with Gasteiger partial charge in [0.05, 0.1) is 11.2 Å². The van der Waals surface area contributed by atoms with Crippen molar-refractivity contribution in [3.8, 4) is 5.69 Å². The van der Waals surface area contributed by atoms with Gasteiger partial charge in [-0.15, -0.1) is 5.10 Å². The third-order valence-corrected chi connectivity index (χ3v) is 3.31. The first kappa shape index (κ1) is 11.9. The predicted octanol–water partition coefficient (Wildman–Crippen LogP) is 3.72. The lowest BCUT2D eigenvalue weighted by Gasteiger charge is -2.18. The summed E-state index contributed by atoms with van der Waals surface area (Å²) in [7, 11) is 0. The minimum atomic E-state index is 0.130. The molecular formula is C16H17N3. The number of nitrogens with zero attached hydrogens (tertiary/aromatic N) is 3. The largest absolute Gasteiger partial charge is 0.213 e. The summed E-state index contributed by atoms with van der Waals surface area (Å²) in [6.07, 6.45) is 0. The van der Waals surface area contributed by atoms with Crippen molar-refractivity contribution >= 4 is 11.0 Å². The van der Waals surface area contributed by atoms with E-state index in [0.29, 0.717) is 0 Å². The standard InChI is InChI=1S/C16H17N3/c1-16(2,3)12-9-10-15-14(11-12)17-18-19(15)13-7-5-4-6-8-13/h4-11H,1-3H3. The van der Waals surface area contributed by atoms with Gasteiger partial charge in [0.25, 0.3) is 0 Å². The van der Waals surface area contributed by atoms with Gasteiger partial charge in [-0.3, -0.25) is 0 Å². The van der Waals surface area contributed by atoms with E-state index in [-0.39, 0.29) is 5.41 Å². The number of aromatic nitrogens is 3. The minimum absolute atomic E-state index is 0.130. The number of fused-ring (bicyclic) bond motifs is 1. The summed E-state index contributed by atoms with van der Waals surface area (Å²) in [5.74, 6) is 0. The number of hydrogen-bond donors (Lipinski definition) is 0. The maximum atomic E-state index is 4.28. The third kappa shape index (κ3) is 2.12. The Labute approximate surface area is 112 Å². The number of rotatable bonds is 1. The highest BCUT2D eigenvalue weighted by Gasteiger charge is 2.15. The molecule has 96 valence electrons. The Hall–Kier alpha value is -2.16. The number of hydrogen-bond acceptors (Lipinski definition) is 2. The zero-order chi connectivity index (χ0) is 13.5. The van der Waals surface area contributed by atoms with E-state index in [1.54, 1.807) is 0 Å². The molecule has 0 amide bonds. The molecule has 0 aliphatic carbocycles. The molecule has 1 aromatic heterocycles. The van der Waals surface area contributed by atoms with E-state index in [0.717, 1.165) is 16.7 Å². The summed E-state index contributed by atoms with van der Waals surface area (Å²) >= 11 is 0. The zero-order valence-corrected chi connectivity index (χ0v) is 11.5. The fraction of sp³-hybridized carbons (Fsp3) is 0.250. The van der Waals surface area contributed by atoms with Crippen LogP contribution in [0.25, 0.3) is 16.7 Å². The van der Waals surface area contributed by atoms with E-state index in [1.165, 1.54) is 5.56 Å². The molecule has 1 heterocycles. The molecule has 2 aromatic carbocycles. The van der Waals surface area contributed by atoms with Gasteiger partial charge in [0.2, 0.25) is 0 Å². The highest BCUT2D eigenvalue weighted by molar-refractivity contribution is 5.77. The van der Waals surface area contributed by atoms with Crippen molar-refractivity contribution in [1.29, 1.82) is 0 Å². The first-order chi connectivity index (χ1) is 9.05. The van der Waals surface area contributed by atoms with E-state index in [9.17, 15) is 0 Å². The quantitative estimate of drug-likeness (QED) is 0.660. The van der Waals surface area contributed by atoms with Crippen LogP contribution in [0.15, 0.2) is 48.5 Å². The monoisotopic (exact) mass is 251 g/mol. The van der Waals surface area contributed by atoms with Crippen molar-refractivity contribution in [3.63, 3.8) is 0 Å². The van der Waals surface area contributed by atoms with Gasteiger partial charge in [-0.1, -0.05) is 50.3 Å². The lowest BCUT2D eigenvalue weighted by molar-refractivity contribution is 0.591. The molecule has 3 nitrogen and oxygen atoms in total. The van der Waals surface area contributed by atoms with Crippen LogP contribution < -0.4 is 0 Å². The lowest BCUT2D eigenvalue weighted by Crippen LogP contribution is -2.10. The van der Waals surface area contributed by atoms with Crippen molar-refractivity contribution in [2.24, 2.45) is 0 Å². The molecule has 3 heteroatoms. The van der Waals surface area contributed by atoms with Crippen LogP contribution in [-0.2, 0) is 5.41 Å². The van der Waals surface area contributed by atoms with Gasteiger partial charge in [0.15, 0.2) is 0 Å². The van der Waals surface area contributed by atoms with Crippen LogP contribution in [0.2, 0.25) is 0 Å². The van der Waals surface area contributed by atoms with Crippen LogP contribution in [0, 0.1) is 0 Å². The van der Waals surface area contributed by atoms with Crippen LogP contribution >= 0.6 is 0 Å². The SMILES string of the molecule is CC(C)(C)c1ccc2c(c1)nnn2-c1ccccc1. The molecular weight excluding hydrogens is 234 g/mol. The molecule has 3 rings (SSSR count). The topological polar surface area (TPSA) is 30.7 Å². The zero-order valence-electron chi connectivity index (χ0n) is 11.5. The average Bonchev–Trinajstić information content (AvgIpc) is 2.81. The Bertz CT molecular complexity index is 706. The highest BCUT2D eigenvalue weighted by Crippen LogP contribution is 2.25. The van der Waals surface area contributed by atoms with Gasteiger partial charge in [0, 0.05) is 0 Å². The van der Waals surface area contributed by atoms with Gasteiger partial charge < -0.3 is 0 Å². The number of para-hydroxylation sites is 1. The molecule has 0 unspecified atom stereocenters. The van der Waals surface area contributed by atoms with Crippen LogP contribution in [-0.4, -0.2) is 15.0 Å². The van der Waals surface area contributed by atoms with Crippen molar-refractivity contribution < 1.29 is 0 Å². The van der Waals surface area contributed by atoms with E-state index in [1.807, 2.05) is 35.0 Å². The van der Waals surface area contributed by atoms with E-state index < -0.39 is 0 Å². The molecule has 0 aliphatic rings. The summed E-state index contributed by atoms with van der Waals surface area (Å²) < 4.78 is 1.88. The first-order valence-corrected chi connectivity index (χ1v) is 6.47. The molecule has 0 N–H and O–H groups in total. The van der Waals surface area contributed by atoms with Gasteiger partial charge in [-0.05, 0) is 35.2 Å². The number of benzene rings is 2. The molecule has 0 fully saturated rings. The van der Waals surface area contributed by atoms with Crippen LogP contribution in [0.3, 0.4) is 0 Å². The molecule has 0 radical (unpaired) electrons. The lowest BCUT2D eigenvalue weighted by atomic mass is 9.87. The van der Waals surface area contributed by atoms with Crippen LogP contribution in [0.4, 0.5) is 0 Å². The molecule has 0 bridgehead atoms. The fourth-order valence-electron chi connectivity index (χ4n) is 2.15. The maximum absolute atomic E-state index is 4.28. The summed E-state index contributed by atoms with van der Waals surface area (Å²) in [5, 5.41) is 8.54. The Morgan fingerprint density at radius 3 is 2.37 bits per heavy atom. The second-order valence-corrected chi connectivity index (χ2v) is 5.79. The minimum Gasteiger partial charge on any atom is -0.213 e. The molecule has 0 spiro atoms. The summed E-state index contributed by atoms with van der Waals surface area (Å²) in [6.45, 7) is 6.61. The first-order valence-electron chi connectivity index (χ1n) is 6.47. The normalized spacial score (nSPS) is 11.9. The summed E-state index contributed by atoms with van der Waals surface area (Å²) in [4.78, 5) is 0. The Kier molecular flexibility index (Phi) is 2.63. The van der Waals surface area contributed by atoms with Crippen LogP contribution in [0.1, 0.15) is 26.3 Å². The van der Waals surface area contributed by atoms with Crippen molar-refractivity contribution in [2.45, 2.75) is 26.2 Å². The Morgan fingerprint density at radius 2 is 1.68 bits per heavy atom. The summed E-state index contributed by atoms with van der Waals surface area (Å²) in [5.41, 5.74) is 4.43. The molecule has 0 saturated carbocycles. The Balaban J connectivity index is 2.16. The summed E-state index contributed by atoms with van der Waals surface area (Å²) in [6, 6.07) is 16.5. The van der Waals surface area contributed by atoms with Crippen molar-refractivity contribution in [1.82, 2.24) is 15.0 Å². The van der Waals surface area contributed by atoms with E-state index >= 15 is 0 Å². The highest BCUT2D eigenvalue weighted by atomic mass is 15.4.